The van der Waals surface area contributed by atoms with Crippen LogP contribution in [0.4, 0.5) is 0 Å². The van der Waals surface area contributed by atoms with Crippen LogP contribution in [-0.2, 0) is 76.1 Å². The summed E-state index contributed by atoms with van der Waals surface area (Å²) in [4.78, 5) is 66.5. The van der Waals surface area contributed by atoms with Crippen molar-refractivity contribution in [1.29, 1.82) is 0 Å². The number of ketones is 1. The van der Waals surface area contributed by atoms with Gasteiger partial charge in [-0.05, 0) is 79.5 Å². The molecular formula is C53H87NO19. The van der Waals surface area contributed by atoms with Crippen LogP contribution in [0, 0.1) is 29.6 Å². The van der Waals surface area contributed by atoms with Crippen molar-refractivity contribution >= 4 is 30.0 Å². The van der Waals surface area contributed by atoms with Crippen molar-refractivity contribution in [1.82, 2.24) is 4.90 Å². The molecule has 4 aliphatic rings. The van der Waals surface area contributed by atoms with Gasteiger partial charge in [0.05, 0.1) is 49.6 Å². The van der Waals surface area contributed by atoms with Gasteiger partial charge in [-0.1, -0.05) is 52.3 Å². The van der Waals surface area contributed by atoms with E-state index in [9.17, 15) is 39.3 Å². The molecular weight excluding hydrogens is 955 g/mol. The van der Waals surface area contributed by atoms with Crippen LogP contribution in [0.2, 0.25) is 0 Å². The van der Waals surface area contributed by atoms with E-state index in [0.29, 0.717) is 18.3 Å². The molecule has 0 aromatic carbocycles. The monoisotopic (exact) mass is 1040 g/mol. The zero-order chi connectivity index (χ0) is 54.6. The van der Waals surface area contributed by atoms with Gasteiger partial charge in [0.2, 0.25) is 0 Å². The standard InChI is InChI=1S/C53H87NO19/c1-16-39-36(26-65-52-49(64-15)48(63-14)47(32(8)68-52)71-40(59)21-27(2)3)22-28(4)17-18-37(57)29(5)23-35(19-20-55)45(30(6)38(58)24-41(60)70-39)73-51-44(61)43(54(12)13)46(31(7)67-51)72-42-25-53(11,62)50(33(9)66-42)69-34(10)56/h17-18,20,22,27,29-33,35-36,38-39,42-52,58,61-62H,16,19,21,23-26H2,1-15H3/b18-17+,28-22-/t29-,30+,31-,32-,33+,35+,36-,38-,39?,42+,43-,44-,45?,46-,47-,48-,49-,50+,51-,52-,53-/m1/s1. The summed E-state index contributed by atoms with van der Waals surface area (Å²) in [6.07, 6.45) is -8.45. The van der Waals surface area contributed by atoms with Crippen LogP contribution < -0.4 is 0 Å². The Morgan fingerprint density at radius 3 is 2.11 bits per heavy atom. The normalized spacial score (nSPS) is 41.6. The average Bonchev–Trinajstić information content (AvgIpc) is 3.29. The lowest BCUT2D eigenvalue weighted by atomic mass is 9.79. The minimum Gasteiger partial charge on any atom is -0.462 e. The third-order valence-electron chi connectivity index (χ3n) is 14.5. The molecule has 418 valence electrons. The van der Waals surface area contributed by atoms with Crippen molar-refractivity contribution in [2.24, 2.45) is 29.6 Å². The van der Waals surface area contributed by atoms with Crippen molar-refractivity contribution in [3.63, 3.8) is 0 Å². The van der Waals surface area contributed by atoms with Gasteiger partial charge in [0.1, 0.15) is 42.4 Å². The van der Waals surface area contributed by atoms with E-state index in [2.05, 4.69) is 0 Å². The number of aliphatic hydroxyl groups is 3. The van der Waals surface area contributed by atoms with Gasteiger partial charge in [-0.25, -0.2) is 0 Å². The number of ether oxygens (including phenoxy) is 11. The number of allylic oxidation sites excluding steroid dienone is 3. The molecule has 0 aromatic heterocycles. The van der Waals surface area contributed by atoms with Crippen LogP contribution in [0.1, 0.15) is 115 Å². The number of likely N-dealkylation sites (N-methyl/N-ethyl adjacent to an activating group) is 1. The topological polar surface area (TPSA) is 251 Å². The Labute approximate surface area is 432 Å². The summed E-state index contributed by atoms with van der Waals surface area (Å²) in [6, 6.07) is -0.786. The highest BCUT2D eigenvalue weighted by Gasteiger charge is 2.53. The Hall–Kier alpha value is -3.25. The Bertz CT molecular complexity index is 1860. The summed E-state index contributed by atoms with van der Waals surface area (Å²) < 4.78 is 67.2. The number of rotatable bonds is 17. The van der Waals surface area contributed by atoms with E-state index in [4.69, 9.17) is 52.1 Å². The molecule has 4 rings (SSSR count). The number of cyclic esters (lactones) is 1. The van der Waals surface area contributed by atoms with E-state index in [-0.39, 0.29) is 44.0 Å². The van der Waals surface area contributed by atoms with Gasteiger partial charge in [-0.15, -0.1) is 0 Å². The minimum atomic E-state index is -1.51. The molecule has 4 aliphatic heterocycles. The van der Waals surface area contributed by atoms with Crippen molar-refractivity contribution < 1.29 is 91.4 Å². The van der Waals surface area contributed by atoms with Crippen LogP contribution in [0.15, 0.2) is 23.8 Å². The zero-order valence-corrected chi connectivity index (χ0v) is 45.7. The average molecular weight is 1040 g/mol. The number of methoxy groups -OCH3 is 2. The first-order valence-corrected chi connectivity index (χ1v) is 25.9. The number of carbonyl (C=O) groups excluding carboxylic acids is 5. The second-order valence-electron chi connectivity index (χ2n) is 21.4. The summed E-state index contributed by atoms with van der Waals surface area (Å²) in [7, 11) is 6.45. The van der Waals surface area contributed by atoms with Gasteiger partial charge in [-0.2, -0.15) is 0 Å². The van der Waals surface area contributed by atoms with E-state index < -0.39 is 152 Å². The van der Waals surface area contributed by atoms with Crippen molar-refractivity contribution in [3.8, 4) is 0 Å². The number of hydrogen-bond donors (Lipinski definition) is 3. The first-order chi connectivity index (χ1) is 34.3. The van der Waals surface area contributed by atoms with Gasteiger partial charge < -0.3 is 77.1 Å². The van der Waals surface area contributed by atoms with Crippen LogP contribution in [0.25, 0.3) is 0 Å². The fourth-order valence-electron chi connectivity index (χ4n) is 10.6. The highest BCUT2D eigenvalue weighted by atomic mass is 16.7. The predicted octanol–water partition coefficient (Wildman–Crippen LogP) is 4.00. The maximum absolute atomic E-state index is 14.0. The van der Waals surface area contributed by atoms with E-state index in [1.165, 1.54) is 34.1 Å². The van der Waals surface area contributed by atoms with Gasteiger partial charge >= 0.3 is 17.9 Å². The Kier molecular flexibility index (Phi) is 24.1. The molecule has 3 fully saturated rings. The highest BCUT2D eigenvalue weighted by Crippen LogP contribution is 2.38. The van der Waals surface area contributed by atoms with E-state index in [1.54, 1.807) is 66.6 Å². The largest absolute Gasteiger partial charge is 0.462 e. The Balaban J connectivity index is 1.60. The molecule has 0 spiro atoms. The number of aliphatic hydroxyl groups excluding tert-OH is 2. The SMILES string of the molecule is CCC1OC(=O)C[C@@H](O)[C@H](C)C(O[C@H]2O[C@H](C)[C@@H](O[C@H]3C[C@@](C)(O)[C@@H](OC(C)=O)[C@H](C)O3)[C@H](N(C)C)[C@H]2O)[C@@H](CC=O)C[C@@H](C)C(=O)/C=C/C(C)=C\[C@@H]1CO[C@@H]1O[C@H](C)[C@@H](OC(=O)CC(C)C)[C@@H](OC)[C@H]1OC. The Morgan fingerprint density at radius 1 is 0.890 bits per heavy atom. The summed E-state index contributed by atoms with van der Waals surface area (Å²) in [5.41, 5.74) is -0.840. The third kappa shape index (κ3) is 16.9. The molecule has 2 unspecified atom stereocenters. The molecule has 0 radical (unpaired) electrons. The number of hydrogen-bond acceptors (Lipinski definition) is 20. The fourth-order valence-corrected chi connectivity index (χ4v) is 10.6. The number of nitrogens with zero attached hydrogens (tertiary/aromatic N) is 1. The molecule has 0 saturated carbocycles. The smallest absolute Gasteiger partial charge is 0.308 e. The third-order valence-corrected chi connectivity index (χ3v) is 14.5. The summed E-state index contributed by atoms with van der Waals surface area (Å²) in [5.74, 6) is -4.63. The van der Waals surface area contributed by atoms with E-state index in [0.717, 1.165) is 0 Å². The van der Waals surface area contributed by atoms with Crippen LogP contribution in [0.5, 0.6) is 0 Å². The minimum absolute atomic E-state index is 0.0405. The van der Waals surface area contributed by atoms with Gasteiger partial charge in [-0.3, -0.25) is 19.2 Å². The van der Waals surface area contributed by atoms with Gasteiger partial charge in [0, 0.05) is 58.2 Å². The highest BCUT2D eigenvalue weighted by molar-refractivity contribution is 5.91. The summed E-state index contributed by atoms with van der Waals surface area (Å²) >= 11 is 0. The second-order valence-corrected chi connectivity index (χ2v) is 21.4. The van der Waals surface area contributed by atoms with Gasteiger partial charge in [0.25, 0.3) is 0 Å². The summed E-state index contributed by atoms with van der Waals surface area (Å²) in [5, 5.41) is 35.3. The molecule has 0 aromatic rings. The number of esters is 3. The molecule has 3 N–H and O–H groups in total. The lowest BCUT2D eigenvalue weighted by Crippen LogP contribution is -2.65. The molecule has 20 nitrogen and oxygen atoms in total. The molecule has 21 atom stereocenters. The molecule has 20 heteroatoms. The second kappa shape index (κ2) is 28.2. The zero-order valence-electron chi connectivity index (χ0n) is 45.7. The van der Waals surface area contributed by atoms with Crippen molar-refractivity contribution in [3.05, 3.63) is 23.8 Å². The van der Waals surface area contributed by atoms with E-state index >= 15 is 0 Å². The maximum Gasteiger partial charge on any atom is 0.308 e. The van der Waals surface area contributed by atoms with Crippen LogP contribution in [0.3, 0.4) is 0 Å². The quantitative estimate of drug-likeness (QED) is 0.106. The molecule has 0 amide bonds. The number of aldehydes is 1. The maximum atomic E-state index is 14.0. The van der Waals surface area contributed by atoms with Crippen molar-refractivity contribution in [2.75, 3.05) is 34.9 Å². The number of carbonyl (C=O) groups is 5. The van der Waals surface area contributed by atoms with Crippen LogP contribution >= 0.6 is 0 Å². The van der Waals surface area contributed by atoms with Crippen molar-refractivity contribution in [2.45, 2.75) is 218 Å². The predicted molar refractivity (Wildman–Crippen MR) is 263 cm³/mol. The fraction of sp³-hybridized carbons (Fsp3) is 0.830. The lowest BCUT2D eigenvalue weighted by molar-refractivity contribution is -0.342. The molecule has 73 heavy (non-hydrogen) atoms. The molecule has 0 bridgehead atoms. The molecule has 4 heterocycles. The van der Waals surface area contributed by atoms with E-state index in [1.807, 2.05) is 26.8 Å². The first kappa shape index (κ1) is 62.3. The van der Waals surface area contributed by atoms with Gasteiger partial charge in [0.15, 0.2) is 36.9 Å². The summed E-state index contributed by atoms with van der Waals surface area (Å²) in [6.45, 7) is 18.8. The van der Waals surface area contributed by atoms with Crippen LogP contribution in [-0.4, -0.2) is 189 Å². The Morgan fingerprint density at radius 2 is 1.53 bits per heavy atom. The first-order valence-electron chi connectivity index (χ1n) is 25.9. The molecule has 3 saturated heterocycles. The molecule has 0 aliphatic carbocycles. The lowest BCUT2D eigenvalue weighted by Gasteiger charge is -2.50.